The lowest BCUT2D eigenvalue weighted by molar-refractivity contribution is -0.0732. The second-order valence-electron chi connectivity index (χ2n) is 34.7. The van der Waals surface area contributed by atoms with E-state index in [1.54, 1.807) is 33.5 Å². The summed E-state index contributed by atoms with van der Waals surface area (Å²) >= 11 is 0. The maximum Gasteiger partial charge on any atom is 0.411 e. The summed E-state index contributed by atoms with van der Waals surface area (Å²) in [7, 11) is 11.6. The molecular weight excluding hydrogens is 1480 g/mol. The Morgan fingerprint density at radius 2 is 0.846 bits per heavy atom. The van der Waals surface area contributed by atoms with E-state index >= 15 is 0 Å². The van der Waals surface area contributed by atoms with E-state index in [9.17, 15) is 25.5 Å². The highest BCUT2D eigenvalue weighted by Crippen LogP contribution is 2.63. The van der Waals surface area contributed by atoms with Gasteiger partial charge in [-0.05, 0) is 229 Å². The molecule has 1 amide bonds. The largest absolute Gasteiger partial charge is 0.507 e. The highest BCUT2D eigenvalue weighted by Gasteiger charge is 2.59. The van der Waals surface area contributed by atoms with E-state index in [1.165, 1.54) is 38.9 Å². The number of phenolic OH excluding ortho intramolecular Hbond substituents is 1. The molecule has 624 valence electrons. The number of hydrogen-bond donors (Lipinski definition) is 2. The van der Waals surface area contributed by atoms with Crippen LogP contribution >= 0.6 is 0 Å². The summed E-state index contributed by atoms with van der Waals surface area (Å²) in [5.74, 6) is 8.95. The molecule has 2 saturated heterocycles. The minimum atomic E-state index is -0.701. The number of benzene rings is 6. The van der Waals surface area contributed by atoms with Gasteiger partial charge in [0.05, 0.1) is 70.3 Å². The molecule has 23 heteroatoms. The van der Waals surface area contributed by atoms with Crippen molar-refractivity contribution in [3.05, 3.63) is 160 Å². The molecule has 0 spiro atoms. The van der Waals surface area contributed by atoms with E-state index in [-0.39, 0.29) is 118 Å². The lowest BCUT2D eigenvalue weighted by Crippen LogP contribution is -2.68. The molecule has 0 aromatic heterocycles. The van der Waals surface area contributed by atoms with Gasteiger partial charge in [-0.3, -0.25) is 29.4 Å². The van der Waals surface area contributed by atoms with Gasteiger partial charge >= 0.3 is 6.09 Å². The molecule has 11 heterocycles. The van der Waals surface area contributed by atoms with Crippen LogP contribution in [0.15, 0.2) is 43.5 Å². The van der Waals surface area contributed by atoms with Gasteiger partial charge in [-0.2, -0.15) is 10.5 Å². The van der Waals surface area contributed by atoms with Crippen molar-refractivity contribution in [3.8, 4) is 81.1 Å². The number of amides is 1. The van der Waals surface area contributed by atoms with Crippen molar-refractivity contribution in [2.24, 2.45) is 0 Å². The molecule has 4 bridgehead atoms. The van der Waals surface area contributed by atoms with Crippen molar-refractivity contribution in [1.82, 2.24) is 29.4 Å². The molecule has 117 heavy (non-hydrogen) atoms. The zero-order chi connectivity index (χ0) is 83.7. The van der Waals surface area contributed by atoms with E-state index in [4.69, 9.17) is 56.8 Å². The number of likely N-dealkylation sites (N-methyl/N-ethyl adjacent to an activating group) is 3. The van der Waals surface area contributed by atoms with Gasteiger partial charge in [0.15, 0.2) is 34.5 Å². The summed E-state index contributed by atoms with van der Waals surface area (Å²) in [6.07, 6.45) is 9.66. The third-order valence-corrected chi connectivity index (χ3v) is 27.5. The Morgan fingerprint density at radius 3 is 1.22 bits per heavy atom. The van der Waals surface area contributed by atoms with Crippen molar-refractivity contribution < 1.29 is 71.8 Å². The minimum absolute atomic E-state index is 0.00495. The van der Waals surface area contributed by atoms with Gasteiger partial charge in [0.1, 0.15) is 65.4 Å². The maximum atomic E-state index is 14.4. The Bertz CT molecular complexity index is 5080. The molecule has 23 nitrogen and oxygen atoms in total. The number of fused-ring (bicyclic) bond motifs is 22. The Kier molecular flexibility index (Phi) is 22.5. The maximum absolute atomic E-state index is 14.4. The number of methoxy groups -OCH3 is 3. The molecule has 0 saturated carbocycles. The summed E-state index contributed by atoms with van der Waals surface area (Å²) in [4.78, 5) is 28.3. The molecule has 11 aliphatic rings. The monoisotopic (exact) mass is 1600 g/mol. The topological polar surface area (TPSA) is 235 Å². The summed E-state index contributed by atoms with van der Waals surface area (Å²) in [5, 5.41) is 43.1. The van der Waals surface area contributed by atoms with Gasteiger partial charge in [0.25, 0.3) is 0 Å². The van der Waals surface area contributed by atoms with Crippen LogP contribution in [-0.4, -0.2) is 182 Å². The highest BCUT2D eigenvalue weighted by atomic mass is 16.7. The van der Waals surface area contributed by atoms with Crippen LogP contribution < -0.4 is 52.1 Å². The number of nitriles is 2. The third-order valence-electron chi connectivity index (χ3n) is 27.5. The number of phenols is 1. The first-order chi connectivity index (χ1) is 56.1. The van der Waals surface area contributed by atoms with E-state index in [0.29, 0.717) is 61.9 Å². The van der Waals surface area contributed by atoms with Crippen molar-refractivity contribution >= 4 is 6.09 Å². The van der Waals surface area contributed by atoms with Crippen molar-refractivity contribution in [3.63, 3.8) is 0 Å². The average Bonchev–Trinajstić information content (AvgIpc) is 0.867. The zero-order valence-electron chi connectivity index (χ0n) is 72.3. The lowest BCUT2D eigenvalue weighted by Gasteiger charge is -2.60. The Labute approximate surface area is 690 Å². The quantitative estimate of drug-likeness (QED) is 0.0964. The fourth-order valence-corrected chi connectivity index (χ4v) is 23.1. The average molecular weight is 1600 g/mol. The van der Waals surface area contributed by atoms with Gasteiger partial charge in [-0.15, -0.1) is 0 Å². The molecule has 17 rings (SSSR count). The van der Waals surface area contributed by atoms with E-state index in [1.807, 2.05) is 53.5 Å². The summed E-state index contributed by atoms with van der Waals surface area (Å²) in [5.41, 5.74) is 22.4. The number of rotatable bonds is 14. The Morgan fingerprint density at radius 1 is 0.487 bits per heavy atom. The normalized spacial score (nSPS) is 25.9. The number of aliphatic hydroxyl groups excluding tert-OH is 1. The predicted molar refractivity (Wildman–Crippen MR) is 446 cm³/mol. The molecule has 11 aliphatic heterocycles. The first kappa shape index (κ1) is 82.5. The number of piperazine rings is 2. The SMILES string of the molecule is C=CCOc1c(C)c2c(c3c1C[C@@H](C1c4c(cc(C)c(OC)c4C)C[C@@H](CO)N1C)N(C(=O)OC(C)(C)C)[C@H]3CC)OCO2.C=CCOc1c(C)c2c(c3c1C[C@H]1C4c5c(cc(C)c(OC)c5C)C[C@@H]([C@H](C#N)N1[C@H]3CC)N4C)OCO2.CC[C@H]1c2c(c(O)c(C)c3c2OCO3)C[C@H]2C3c4c(cc(C)c(OC)c4C)C[C@@H]([C@H](C#N)N12)N3C. The molecule has 2 N–H and O–H groups in total. The van der Waals surface area contributed by atoms with Crippen LogP contribution in [-0.2, 0) is 43.3 Å². The van der Waals surface area contributed by atoms with Crippen molar-refractivity contribution in [1.29, 1.82) is 10.5 Å². The number of hydrogen-bond acceptors (Lipinski definition) is 22. The molecule has 6 aromatic rings. The molecule has 3 unspecified atom stereocenters. The van der Waals surface area contributed by atoms with E-state index in [0.717, 1.165) is 156 Å². The third kappa shape index (κ3) is 12.9. The van der Waals surface area contributed by atoms with Crippen molar-refractivity contribution in [2.45, 2.75) is 252 Å². The molecule has 14 atom stereocenters. The minimum Gasteiger partial charge on any atom is -0.507 e. The summed E-state index contributed by atoms with van der Waals surface area (Å²) < 4.78 is 72.3. The fourth-order valence-electron chi connectivity index (χ4n) is 23.1. The lowest BCUT2D eigenvalue weighted by atomic mass is 9.70. The summed E-state index contributed by atoms with van der Waals surface area (Å²) in [6.45, 7) is 39.7. The van der Waals surface area contributed by atoms with Crippen LogP contribution in [0.5, 0.6) is 69.0 Å². The molecule has 0 aliphatic carbocycles. The Hall–Kier alpha value is -9.59. The first-order valence-corrected chi connectivity index (χ1v) is 41.7. The van der Waals surface area contributed by atoms with Crippen LogP contribution in [0.2, 0.25) is 0 Å². The fraction of sp³-hybridized carbons (Fsp3) is 0.543. The number of carbonyl (C=O) groups is 1. The first-order valence-electron chi connectivity index (χ1n) is 41.7. The number of aryl methyl sites for hydroxylation is 3. The van der Waals surface area contributed by atoms with Crippen molar-refractivity contribution in [2.75, 3.05) is 82.7 Å². The second kappa shape index (κ2) is 31.9. The highest BCUT2D eigenvalue weighted by molar-refractivity contribution is 5.75. The van der Waals surface area contributed by atoms with Gasteiger partial charge < -0.3 is 67.1 Å². The van der Waals surface area contributed by atoms with Gasteiger partial charge in [0.2, 0.25) is 20.4 Å². The number of aliphatic hydroxyl groups is 1. The van der Waals surface area contributed by atoms with Crippen LogP contribution in [0.4, 0.5) is 4.79 Å². The standard InChI is InChI=1S/C35H48N2O7.C31H37N3O4.C28H33N3O4/c1-11-13-41-31-21(5)32-33(43-18-42-32)28-24(31)16-26(37(25(28)12-2)34(39)44-35(6,7)8)29-27-20(4)30(40-10)19(3)14-22(27)15-23(17-38)36(29)9;1-8-10-36-29-18(5)30-31(38-15-37-30)26-20(29)13-23-27-25-17(4)28(35-7)16(3)11-19(25)12-22(33(27)6)24(14-32)34(23)21(26)9-2;1-7-18-23-17(25(32)15(4)27-28(23)35-12-34-27)10-20-24-22-14(3)26(33-6)13(2)8-16(22)9-19(30(24)5)21(11-29)31(18)20/h11,14,23,25-26,29,38H,1,12-13,15-18H2,2-10H3;8,11,21-24,27H,1,9-10,12-13,15H2,2-7H3;8,18-21,24,32H,7,9-10,12H2,1-6H3/t23-,25-,26-,29?;21-,22-,23-,24-,27?;18-,19-,20-,21-,24?/m000/s1. The molecular formula is C94H118N8O15. The Balaban J connectivity index is 0.000000138. The number of aromatic hydroxyl groups is 1. The van der Waals surface area contributed by atoms with Crippen LogP contribution in [0.25, 0.3) is 0 Å². The second-order valence-corrected chi connectivity index (χ2v) is 34.7. The van der Waals surface area contributed by atoms with E-state index < -0.39 is 5.60 Å². The predicted octanol–water partition coefficient (Wildman–Crippen LogP) is 15.4. The van der Waals surface area contributed by atoms with Gasteiger partial charge in [0, 0.05) is 92.4 Å². The molecule has 2 fully saturated rings. The smallest absolute Gasteiger partial charge is 0.411 e. The van der Waals surface area contributed by atoms with Gasteiger partial charge in [-0.1, -0.05) is 64.3 Å². The molecule has 6 aromatic carbocycles. The van der Waals surface area contributed by atoms with Crippen LogP contribution in [0, 0.1) is 85.0 Å². The number of ether oxygens (including phenoxy) is 12. The van der Waals surface area contributed by atoms with Gasteiger partial charge in [-0.25, -0.2) is 4.79 Å². The number of carbonyl (C=O) groups excluding carboxylic acids is 1. The van der Waals surface area contributed by atoms with Crippen LogP contribution in [0.1, 0.15) is 214 Å². The number of nitrogens with zero attached hydrogens (tertiary/aromatic N) is 8. The summed E-state index contributed by atoms with van der Waals surface area (Å²) in [6, 6.07) is 11.0. The molecule has 0 radical (unpaired) electrons. The zero-order valence-corrected chi connectivity index (χ0v) is 72.3. The van der Waals surface area contributed by atoms with Crippen LogP contribution in [0.3, 0.4) is 0 Å². The van der Waals surface area contributed by atoms with E-state index in [2.05, 4.69) is 144 Å².